The molecule has 0 saturated carbocycles. The van der Waals surface area contributed by atoms with E-state index in [1.54, 1.807) is 4.90 Å². The molecule has 104 valence electrons. The number of amides is 1. The molecule has 1 rings (SSSR count). The highest BCUT2D eigenvalue weighted by atomic mass is 16.6. The van der Waals surface area contributed by atoms with Crippen LogP contribution in [0, 0.1) is 5.92 Å². The van der Waals surface area contributed by atoms with E-state index in [1.807, 2.05) is 27.7 Å². The number of carboxylic acid groups (broad SMARTS) is 1. The van der Waals surface area contributed by atoms with Crippen LogP contribution in [-0.4, -0.2) is 40.3 Å². The summed E-state index contributed by atoms with van der Waals surface area (Å²) >= 11 is 0. The molecule has 2 atom stereocenters. The van der Waals surface area contributed by atoms with Gasteiger partial charge in [0, 0.05) is 19.0 Å². The van der Waals surface area contributed by atoms with Crippen molar-refractivity contribution in [3.63, 3.8) is 0 Å². The summed E-state index contributed by atoms with van der Waals surface area (Å²) in [5, 5.41) is 8.81. The van der Waals surface area contributed by atoms with Crippen molar-refractivity contribution in [1.29, 1.82) is 0 Å². The normalized spacial score (nSPS) is 24.8. The van der Waals surface area contributed by atoms with Crippen LogP contribution >= 0.6 is 0 Å². The fraction of sp³-hybridized carbons (Fsp3) is 0.846. The zero-order chi connectivity index (χ0) is 13.9. The van der Waals surface area contributed by atoms with Crippen LogP contribution in [-0.2, 0) is 9.53 Å². The number of carboxylic acids is 1. The maximum atomic E-state index is 12.0. The first-order valence-corrected chi connectivity index (χ1v) is 6.40. The minimum atomic E-state index is -0.807. The van der Waals surface area contributed by atoms with E-state index in [0.29, 0.717) is 6.54 Å². The van der Waals surface area contributed by atoms with Crippen LogP contribution in [0.3, 0.4) is 0 Å². The Kier molecular flexibility index (Phi) is 4.59. The first-order chi connectivity index (χ1) is 8.19. The lowest BCUT2D eigenvalue weighted by Gasteiger charge is -2.38. The summed E-state index contributed by atoms with van der Waals surface area (Å²) in [6, 6.07) is 0.116. The van der Waals surface area contributed by atoms with Gasteiger partial charge >= 0.3 is 12.1 Å². The molecule has 1 heterocycles. The summed E-state index contributed by atoms with van der Waals surface area (Å²) in [6.07, 6.45) is 1.46. The highest BCUT2D eigenvalue weighted by Crippen LogP contribution is 2.25. The predicted octanol–water partition coefficient (Wildman–Crippen LogP) is 2.50. The molecule has 1 saturated heterocycles. The van der Waals surface area contributed by atoms with E-state index in [0.717, 1.165) is 12.8 Å². The molecular weight excluding hydrogens is 234 g/mol. The summed E-state index contributed by atoms with van der Waals surface area (Å²) in [7, 11) is 0. The second kappa shape index (κ2) is 5.59. The van der Waals surface area contributed by atoms with E-state index in [-0.39, 0.29) is 24.5 Å². The molecule has 0 aromatic rings. The Bertz CT molecular complexity index is 321. The topological polar surface area (TPSA) is 66.8 Å². The number of hydrogen-bond donors (Lipinski definition) is 1. The number of nitrogens with zero attached hydrogens (tertiary/aromatic N) is 1. The van der Waals surface area contributed by atoms with Crippen molar-refractivity contribution in [2.75, 3.05) is 6.54 Å². The summed E-state index contributed by atoms with van der Waals surface area (Å²) in [5.74, 6) is -0.773. The van der Waals surface area contributed by atoms with E-state index < -0.39 is 11.6 Å². The molecule has 1 amide bonds. The summed E-state index contributed by atoms with van der Waals surface area (Å²) < 4.78 is 5.34. The van der Waals surface area contributed by atoms with Crippen molar-refractivity contribution in [3.8, 4) is 0 Å². The number of likely N-dealkylation sites (tertiary alicyclic amines) is 1. The van der Waals surface area contributed by atoms with Crippen molar-refractivity contribution < 1.29 is 19.4 Å². The molecule has 0 radical (unpaired) electrons. The van der Waals surface area contributed by atoms with Crippen LogP contribution < -0.4 is 0 Å². The number of carbonyl (C=O) groups is 2. The maximum absolute atomic E-state index is 12.0. The van der Waals surface area contributed by atoms with Gasteiger partial charge in [-0.1, -0.05) is 0 Å². The molecule has 1 fully saturated rings. The predicted molar refractivity (Wildman–Crippen MR) is 67.4 cm³/mol. The number of hydrogen-bond acceptors (Lipinski definition) is 3. The van der Waals surface area contributed by atoms with E-state index in [9.17, 15) is 9.59 Å². The fourth-order valence-corrected chi connectivity index (χ4v) is 2.17. The van der Waals surface area contributed by atoms with Crippen LogP contribution in [0.4, 0.5) is 4.79 Å². The van der Waals surface area contributed by atoms with Gasteiger partial charge in [-0.15, -0.1) is 0 Å². The SMILES string of the molecule is CC1CCC(CC(=O)O)CN1C(=O)OC(C)(C)C. The number of aliphatic carboxylic acids is 1. The third-order valence-electron chi connectivity index (χ3n) is 3.07. The van der Waals surface area contributed by atoms with Gasteiger partial charge in [0.2, 0.25) is 0 Å². The number of carbonyl (C=O) groups excluding carboxylic acids is 1. The van der Waals surface area contributed by atoms with Gasteiger partial charge in [0.15, 0.2) is 0 Å². The van der Waals surface area contributed by atoms with E-state index in [1.165, 1.54) is 0 Å². The van der Waals surface area contributed by atoms with Crippen LogP contribution in [0.15, 0.2) is 0 Å². The second-order valence-electron chi connectivity index (χ2n) is 6.02. The average Bonchev–Trinajstić information content (AvgIpc) is 2.17. The van der Waals surface area contributed by atoms with Crippen LogP contribution in [0.2, 0.25) is 0 Å². The standard InChI is InChI=1S/C13H23NO4/c1-9-5-6-10(7-11(15)16)8-14(9)12(17)18-13(2,3)4/h9-10H,5-8H2,1-4H3,(H,15,16). The molecule has 1 aliphatic rings. The lowest BCUT2D eigenvalue weighted by atomic mass is 9.91. The van der Waals surface area contributed by atoms with Gasteiger partial charge in [0.25, 0.3) is 0 Å². The van der Waals surface area contributed by atoms with Crippen LogP contribution in [0.25, 0.3) is 0 Å². The molecular formula is C13H23NO4. The Morgan fingerprint density at radius 2 is 1.94 bits per heavy atom. The Balaban J connectivity index is 2.61. The Morgan fingerprint density at radius 3 is 2.44 bits per heavy atom. The largest absolute Gasteiger partial charge is 0.481 e. The van der Waals surface area contributed by atoms with Crippen molar-refractivity contribution in [2.24, 2.45) is 5.92 Å². The molecule has 0 aliphatic carbocycles. The first kappa shape index (κ1) is 14.8. The monoisotopic (exact) mass is 257 g/mol. The molecule has 0 aromatic heterocycles. The number of piperidine rings is 1. The molecule has 18 heavy (non-hydrogen) atoms. The number of ether oxygens (including phenoxy) is 1. The fourth-order valence-electron chi connectivity index (χ4n) is 2.17. The van der Waals surface area contributed by atoms with E-state index >= 15 is 0 Å². The molecule has 5 nitrogen and oxygen atoms in total. The first-order valence-electron chi connectivity index (χ1n) is 6.40. The third-order valence-corrected chi connectivity index (χ3v) is 3.07. The van der Waals surface area contributed by atoms with Gasteiger partial charge in [-0.3, -0.25) is 4.79 Å². The number of rotatable bonds is 2. The minimum Gasteiger partial charge on any atom is -0.481 e. The smallest absolute Gasteiger partial charge is 0.410 e. The van der Waals surface area contributed by atoms with Crippen molar-refractivity contribution >= 4 is 12.1 Å². The maximum Gasteiger partial charge on any atom is 0.410 e. The van der Waals surface area contributed by atoms with Crippen molar-refractivity contribution in [1.82, 2.24) is 4.90 Å². The molecule has 1 aliphatic heterocycles. The van der Waals surface area contributed by atoms with E-state index in [4.69, 9.17) is 9.84 Å². The summed E-state index contributed by atoms with van der Waals surface area (Å²) in [4.78, 5) is 24.4. The molecule has 0 spiro atoms. The Labute approximate surface area is 108 Å². The zero-order valence-corrected chi connectivity index (χ0v) is 11.6. The van der Waals surface area contributed by atoms with E-state index in [2.05, 4.69) is 0 Å². The third kappa shape index (κ3) is 4.55. The molecule has 0 bridgehead atoms. The van der Waals surface area contributed by atoms with Crippen molar-refractivity contribution in [2.45, 2.75) is 58.6 Å². The lowest BCUT2D eigenvalue weighted by molar-refractivity contribution is -0.138. The summed E-state index contributed by atoms with van der Waals surface area (Å²) in [5.41, 5.74) is -0.517. The van der Waals surface area contributed by atoms with Gasteiger partial charge in [-0.05, 0) is 46.5 Å². The Morgan fingerprint density at radius 1 is 1.33 bits per heavy atom. The van der Waals surface area contributed by atoms with Crippen molar-refractivity contribution in [3.05, 3.63) is 0 Å². The average molecular weight is 257 g/mol. The zero-order valence-electron chi connectivity index (χ0n) is 11.6. The van der Waals surface area contributed by atoms with Gasteiger partial charge in [0.05, 0.1) is 0 Å². The highest BCUT2D eigenvalue weighted by Gasteiger charge is 2.32. The Hall–Kier alpha value is -1.26. The van der Waals surface area contributed by atoms with Gasteiger partial charge in [-0.25, -0.2) is 4.79 Å². The van der Waals surface area contributed by atoms with Gasteiger partial charge in [-0.2, -0.15) is 0 Å². The minimum absolute atomic E-state index is 0.0335. The highest BCUT2D eigenvalue weighted by molar-refractivity contribution is 5.69. The molecule has 1 N–H and O–H groups in total. The van der Waals surface area contributed by atoms with Gasteiger partial charge < -0.3 is 14.7 Å². The molecule has 0 aromatic carbocycles. The second-order valence-corrected chi connectivity index (χ2v) is 6.02. The molecule has 5 heteroatoms. The van der Waals surface area contributed by atoms with Crippen LogP contribution in [0.1, 0.15) is 47.0 Å². The summed E-state index contributed by atoms with van der Waals surface area (Å²) in [6.45, 7) is 7.93. The molecule has 2 unspecified atom stereocenters. The quantitative estimate of drug-likeness (QED) is 0.825. The van der Waals surface area contributed by atoms with Gasteiger partial charge in [0.1, 0.15) is 5.60 Å². The lowest BCUT2D eigenvalue weighted by Crippen LogP contribution is -2.47. The van der Waals surface area contributed by atoms with Crippen LogP contribution in [0.5, 0.6) is 0 Å².